The van der Waals surface area contributed by atoms with E-state index < -0.39 is 5.82 Å². The van der Waals surface area contributed by atoms with Crippen LogP contribution in [0.1, 0.15) is 5.56 Å². The van der Waals surface area contributed by atoms with Crippen LogP contribution in [0.5, 0.6) is 0 Å². The van der Waals surface area contributed by atoms with E-state index in [1.54, 1.807) is 0 Å². The molecule has 0 fully saturated rings. The molecule has 68 valence electrons. The Labute approximate surface area is 80.6 Å². The van der Waals surface area contributed by atoms with Gasteiger partial charge in [0.05, 0.1) is 5.69 Å². The molecule has 0 aliphatic carbocycles. The Bertz CT molecular complexity index is 480. The third-order valence-corrected chi connectivity index (χ3v) is 2.01. The Morgan fingerprint density at radius 3 is 2.57 bits per heavy atom. The standard InChI is InChI=1S/C11H7FN2/c12-10-7-14-11(9(10)6-13)8-4-2-1-3-5-8/h1-5,7,14H. The van der Waals surface area contributed by atoms with E-state index in [0.717, 1.165) is 5.56 Å². The summed E-state index contributed by atoms with van der Waals surface area (Å²) >= 11 is 0. The normalized spacial score (nSPS) is 9.71. The van der Waals surface area contributed by atoms with Crippen LogP contribution < -0.4 is 0 Å². The van der Waals surface area contributed by atoms with Crippen LogP contribution in [0.25, 0.3) is 11.3 Å². The molecular formula is C11H7FN2. The van der Waals surface area contributed by atoms with Gasteiger partial charge in [0.1, 0.15) is 11.6 Å². The summed E-state index contributed by atoms with van der Waals surface area (Å²) in [7, 11) is 0. The van der Waals surface area contributed by atoms with Crippen molar-refractivity contribution in [2.75, 3.05) is 0 Å². The highest BCUT2D eigenvalue weighted by atomic mass is 19.1. The lowest BCUT2D eigenvalue weighted by molar-refractivity contribution is 0.626. The first kappa shape index (κ1) is 8.52. The molecule has 0 radical (unpaired) electrons. The molecule has 0 spiro atoms. The van der Waals surface area contributed by atoms with Crippen LogP contribution in [-0.4, -0.2) is 4.98 Å². The third-order valence-electron chi connectivity index (χ3n) is 2.01. The lowest BCUT2D eigenvalue weighted by Crippen LogP contribution is -1.81. The Morgan fingerprint density at radius 1 is 1.21 bits per heavy atom. The lowest BCUT2D eigenvalue weighted by Gasteiger charge is -1.97. The number of nitrogens with zero attached hydrogens (tertiary/aromatic N) is 1. The predicted molar refractivity (Wildman–Crippen MR) is 50.9 cm³/mol. The minimum absolute atomic E-state index is 0.0659. The van der Waals surface area contributed by atoms with Gasteiger partial charge in [0.25, 0.3) is 0 Å². The molecule has 1 heterocycles. The van der Waals surface area contributed by atoms with Gasteiger partial charge in [-0.15, -0.1) is 0 Å². The van der Waals surface area contributed by atoms with E-state index in [2.05, 4.69) is 4.98 Å². The number of benzene rings is 1. The Morgan fingerprint density at radius 2 is 1.93 bits per heavy atom. The zero-order chi connectivity index (χ0) is 9.97. The first-order valence-electron chi connectivity index (χ1n) is 4.15. The van der Waals surface area contributed by atoms with Crippen molar-refractivity contribution in [1.29, 1.82) is 5.26 Å². The van der Waals surface area contributed by atoms with Crippen molar-refractivity contribution >= 4 is 0 Å². The first-order chi connectivity index (χ1) is 6.83. The Hall–Kier alpha value is -2.08. The van der Waals surface area contributed by atoms with Crippen LogP contribution in [0.3, 0.4) is 0 Å². The zero-order valence-electron chi connectivity index (χ0n) is 7.29. The van der Waals surface area contributed by atoms with Crippen molar-refractivity contribution in [3.63, 3.8) is 0 Å². The molecule has 1 aromatic heterocycles. The third kappa shape index (κ3) is 1.27. The molecule has 0 saturated heterocycles. The second kappa shape index (κ2) is 3.35. The molecule has 0 unspecified atom stereocenters. The Kier molecular flexibility index (Phi) is 2.04. The summed E-state index contributed by atoms with van der Waals surface area (Å²) in [6.45, 7) is 0. The SMILES string of the molecule is N#Cc1c(F)c[nH]c1-c1ccccc1. The molecule has 0 aliphatic rings. The molecule has 0 bridgehead atoms. The van der Waals surface area contributed by atoms with Crippen molar-refractivity contribution in [3.05, 3.63) is 47.9 Å². The van der Waals surface area contributed by atoms with Gasteiger partial charge in [-0.2, -0.15) is 5.26 Å². The Balaban J connectivity index is 2.59. The second-order valence-corrected chi connectivity index (χ2v) is 2.86. The van der Waals surface area contributed by atoms with E-state index in [9.17, 15) is 4.39 Å². The van der Waals surface area contributed by atoms with Crippen LogP contribution in [0.15, 0.2) is 36.5 Å². The zero-order valence-corrected chi connectivity index (χ0v) is 7.29. The average Bonchev–Trinajstić information content (AvgIpc) is 2.61. The van der Waals surface area contributed by atoms with E-state index >= 15 is 0 Å². The maximum absolute atomic E-state index is 13.0. The van der Waals surface area contributed by atoms with Crippen molar-refractivity contribution in [2.45, 2.75) is 0 Å². The maximum Gasteiger partial charge on any atom is 0.159 e. The largest absolute Gasteiger partial charge is 0.357 e. The summed E-state index contributed by atoms with van der Waals surface area (Å²) in [6.07, 6.45) is 1.20. The minimum atomic E-state index is -0.508. The number of aromatic nitrogens is 1. The van der Waals surface area contributed by atoms with E-state index in [4.69, 9.17) is 5.26 Å². The van der Waals surface area contributed by atoms with Gasteiger partial charge in [0.15, 0.2) is 5.82 Å². The van der Waals surface area contributed by atoms with Gasteiger partial charge in [0, 0.05) is 6.20 Å². The van der Waals surface area contributed by atoms with Gasteiger partial charge >= 0.3 is 0 Å². The van der Waals surface area contributed by atoms with Crippen LogP contribution in [-0.2, 0) is 0 Å². The number of H-pyrrole nitrogens is 1. The fourth-order valence-electron chi connectivity index (χ4n) is 1.34. The molecule has 1 N–H and O–H groups in total. The molecule has 2 nitrogen and oxygen atoms in total. The molecule has 0 aliphatic heterocycles. The van der Waals surface area contributed by atoms with Crippen molar-refractivity contribution in [3.8, 4) is 17.3 Å². The molecule has 1 aromatic carbocycles. The van der Waals surface area contributed by atoms with E-state index in [0.29, 0.717) is 5.69 Å². The van der Waals surface area contributed by atoms with E-state index in [1.807, 2.05) is 36.4 Å². The van der Waals surface area contributed by atoms with Crippen molar-refractivity contribution in [2.24, 2.45) is 0 Å². The van der Waals surface area contributed by atoms with Gasteiger partial charge in [-0.05, 0) is 5.56 Å². The second-order valence-electron chi connectivity index (χ2n) is 2.86. The maximum atomic E-state index is 13.0. The highest BCUT2D eigenvalue weighted by Crippen LogP contribution is 2.23. The van der Waals surface area contributed by atoms with E-state index in [-0.39, 0.29) is 5.56 Å². The molecule has 0 atom stereocenters. The van der Waals surface area contributed by atoms with Gasteiger partial charge < -0.3 is 4.98 Å². The smallest absolute Gasteiger partial charge is 0.159 e. The van der Waals surface area contributed by atoms with Crippen LogP contribution in [0, 0.1) is 17.1 Å². The number of hydrogen-bond donors (Lipinski definition) is 1. The number of nitriles is 1. The topological polar surface area (TPSA) is 39.6 Å². The van der Waals surface area contributed by atoms with Crippen LogP contribution in [0.4, 0.5) is 4.39 Å². The molecular weight excluding hydrogens is 179 g/mol. The highest BCUT2D eigenvalue weighted by Gasteiger charge is 2.11. The van der Waals surface area contributed by atoms with Gasteiger partial charge in [-0.3, -0.25) is 0 Å². The quantitative estimate of drug-likeness (QED) is 0.730. The molecule has 3 heteroatoms. The van der Waals surface area contributed by atoms with E-state index in [1.165, 1.54) is 6.20 Å². The molecule has 0 amide bonds. The number of nitrogens with one attached hydrogen (secondary N) is 1. The summed E-state index contributed by atoms with van der Waals surface area (Å²) in [6, 6.07) is 11.0. The summed E-state index contributed by atoms with van der Waals surface area (Å²) in [5, 5.41) is 8.74. The van der Waals surface area contributed by atoms with Crippen LogP contribution in [0.2, 0.25) is 0 Å². The predicted octanol–water partition coefficient (Wildman–Crippen LogP) is 2.69. The average molecular weight is 186 g/mol. The summed E-state index contributed by atoms with van der Waals surface area (Å²) < 4.78 is 13.0. The van der Waals surface area contributed by atoms with Crippen molar-refractivity contribution in [1.82, 2.24) is 4.98 Å². The summed E-state index contributed by atoms with van der Waals surface area (Å²) in [4.78, 5) is 2.74. The first-order valence-corrected chi connectivity index (χ1v) is 4.15. The van der Waals surface area contributed by atoms with Gasteiger partial charge in [-0.1, -0.05) is 30.3 Å². The lowest BCUT2D eigenvalue weighted by atomic mass is 10.1. The summed E-state index contributed by atoms with van der Waals surface area (Å²) in [5.74, 6) is -0.508. The van der Waals surface area contributed by atoms with Crippen LogP contribution >= 0.6 is 0 Å². The van der Waals surface area contributed by atoms with Gasteiger partial charge in [-0.25, -0.2) is 4.39 Å². The molecule has 0 saturated carbocycles. The molecule has 14 heavy (non-hydrogen) atoms. The fourth-order valence-corrected chi connectivity index (χ4v) is 1.34. The summed E-state index contributed by atoms with van der Waals surface area (Å²) in [5.41, 5.74) is 1.41. The fraction of sp³-hybridized carbons (Fsp3) is 0. The van der Waals surface area contributed by atoms with Gasteiger partial charge in [0.2, 0.25) is 0 Å². The minimum Gasteiger partial charge on any atom is -0.357 e. The highest BCUT2D eigenvalue weighted by molar-refractivity contribution is 5.66. The number of aromatic amines is 1. The van der Waals surface area contributed by atoms with Crippen molar-refractivity contribution < 1.29 is 4.39 Å². The molecule has 2 rings (SSSR count). The number of hydrogen-bond acceptors (Lipinski definition) is 1. The number of halogens is 1. The number of rotatable bonds is 1. The molecule has 2 aromatic rings. The monoisotopic (exact) mass is 186 g/mol.